The van der Waals surface area contributed by atoms with Crippen LogP contribution in [0.2, 0.25) is 0 Å². The molecule has 0 fully saturated rings. The van der Waals surface area contributed by atoms with Crippen molar-refractivity contribution in [1.29, 1.82) is 5.26 Å². The van der Waals surface area contributed by atoms with E-state index >= 15 is 0 Å². The van der Waals surface area contributed by atoms with Crippen molar-refractivity contribution in [2.75, 3.05) is 13.1 Å². The maximum Gasteiger partial charge on any atom is 0.416 e. The first kappa shape index (κ1) is 25.5. The molecule has 166 valence electrons. The lowest BCUT2D eigenvalue weighted by Crippen LogP contribution is -2.33. The largest absolute Gasteiger partial charge is 0.416 e. The van der Waals surface area contributed by atoms with Crippen LogP contribution in [0.15, 0.2) is 70.1 Å². The fraction of sp³-hybridized carbons (Fsp3) is 0.318. The fourth-order valence-electron chi connectivity index (χ4n) is 2.41. The topological polar surface area (TPSA) is 98.6 Å². The highest BCUT2D eigenvalue weighted by Crippen LogP contribution is 2.32. The molecule has 9 heteroatoms. The predicted molar refractivity (Wildman–Crippen MR) is 118 cm³/mol. The van der Waals surface area contributed by atoms with Gasteiger partial charge < -0.3 is 16.4 Å². The number of allylic oxidation sites excluding steroid dienone is 3. The minimum absolute atomic E-state index is 0.0814. The Kier molecular flexibility index (Phi) is 10.6. The molecule has 1 aromatic carbocycles. The van der Waals surface area contributed by atoms with Crippen molar-refractivity contribution < 1.29 is 13.2 Å². The Morgan fingerprint density at radius 1 is 1.23 bits per heavy atom. The van der Waals surface area contributed by atoms with Crippen molar-refractivity contribution in [3.63, 3.8) is 0 Å². The van der Waals surface area contributed by atoms with Crippen LogP contribution in [-0.4, -0.2) is 25.1 Å². The van der Waals surface area contributed by atoms with Crippen molar-refractivity contribution in [2.24, 2.45) is 15.7 Å². The second-order valence-electron chi connectivity index (χ2n) is 6.44. The summed E-state index contributed by atoms with van der Waals surface area (Å²) in [5, 5.41) is 14.8. The smallest absolute Gasteiger partial charge is 0.402 e. The van der Waals surface area contributed by atoms with E-state index in [2.05, 4.69) is 27.2 Å². The van der Waals surface area contributed by atoms with Crippen molar-refractivity contribution in [3.8, 4) is 6.07 Å². The van der Waals surface area contributed by atoms with Crippen LogP contribution in [0.3, 0.4) is 0 Å². The Labute approximate surface area is 180 Å². The maximum atomic E-state index is 13.2. The van der Waals surface area contributed by atoms with E-state index < -0.39 is 11.7 Å². The molecular weight excluding hydrogens is 405 g/mol. The van der Waals surface area contributed by atoms with Crippen LogP contribution in [-0.2, 0) is 12.7 Å². The third kappa shape index (κ3) is 9.21. The second-order valence-corrected chi connectivity index (χ2v) is 6.44. The number of nitrogens with zero attached hydrogens (tertiary/aromatic N) is 3. The van der Waals surface area contributed by atoms with Crippen LogP contribution >= 0.6 is 0 Å². The lowest BCUT2D eigenvalue weighted by Gasteiger charge is -2.15. The summed E-state index contributed by atoms with van der Waals surface area (Å²) in [6.45, 7) is 7.77. The van der Waals surface area contributed by atoms with Crippen LogP contribution in [0.1, 0.15) is 31.4 Å². The molecule has 0 radical (unpaired) electrons. The summed E-state index contributed by atoms with van der Waals surface area (Å²) in [5.41, 5.74) is 6.40. The van der Waals surface area contributed by atoms with E-state index in [-0.39, 0.29) is 18.5 Å². The highest BCUT2D eigenvalue weighted by molar-refractivity contribution is 5.98. The van der Waals surface area contributed by atoms with Crippen LogP contribution < -0.4 is 16.4 Å². The summed E-state index contributed by atoms with van der Waals surface area (Å²) >= 11 is 0. The van der Waals surface area contributed by atoms with Gasteiger partial charge in [0.05, 0.1) is 24.6 Å². The van der Waals surface area contributed by atoms with Gasteiger partial charge in [-0.05, 0) is 31.6 Å². The number of nitrogens with one attached hydrogen (secondary N) is 2. The van der Waals surface area contributed by atoms with Crippen LogP contribution in [0.25, 0.3) is 0 Å². The zero-order valence-corrected chi connectivity index (χ0v) is 17.6. The molecule has 1 aromatic rings. The van der Waals surface area contributed by atoms with Gasteiger partial charge in [0.15, 0.2) is 0 Å². The van der Waals surface area contributed by atoms with Crippen LogP contribution in [0.4, 0.5) is 13.2 Å². The summed E-state index contributed by atoms with van der Waals surface area (Å²) < 4.78 is 39.6. The molecule has 4 N–H and O–H groups in total. The number of alkyl halides is 3. The fourth-order valence-corrected chi connectivity index (χ4v) is 2.41. The number of halogens is 3. The number of benzene rings is 1. The highest BCUT2D eigenvalue weighted by atomic mass is 19.4. The van der Waals surface area contributed by atoms with E-state index in [1.165, 1.54) is 18.3 Å². The van der Waals surface area contributed by atoms with Crippen molar-refractivity contribution in [3.05, 3.63) is 71.2 Å². The first-order valence-corrected chi connectivity index (χ1v) is 9.53. The Bertz CT molecular complexity index is 901. The number of hydrogen-bond donors (Lipinski definition) is 3. The molecule has 0 heterocycles. The summed E-state index contributed by atoms with van der Waals surface area (Å²) in [5.74, 6) is 0.952. The number of nitriles is 1. The lowest BCUT2D eigenvalue weighted by atomic mass is 10.1. The molecule has 1 rings (SSSR count). The highest BCUT2D eigenvalue weighted by Gasteiger charge is 2.32. The minimum atomic E-state index is -4.45. The Balaban J connectivity index is 2.89. The molecule has 31 heavy (non-hydrogen) atoms. The number of rotatable bonds is 10. The number of nitrogens with two attached hydrogens (primary N) is 1. The van der Waals surface area contributed by atoms with E-state index in [1.54, 1.807) is 32.1 Å². The summed E-state index contributed by atoms with van der Waals surface area (Å²) in [6.07, 6.45) is 0.440. The van der Waals surface area contributed by atoms with Gasteiger partial charge in [0.1, 0.15) is 11.7 Å². The molecule has 0 bridgehead atoms. The van der Waals surface area contributed by atoms with Gasteiger partial charge in [-0.2, -0.15) is 18.4 Å². The average Bonchev–Trinajstić information content (AvgIpc) is 2.72. The molecule has 0 amide bonds. The van der Waals surface area contributed by atoms with Gasteiger partial charge in [0, 0.05) is 30.6 Å². The third-order valence-electron chi connectivity index (χ3n) is 4.09. The molecule has 0 saturated carbocycles. The Morgan fingerprint density at radius 2 is 1.90 bits per heavy atom. The molecule has 0 atom stereocenters. The standard InChI is InChI=1S/C22H27F3N6/c1-4-8-20(28-12-7-11-26)29-13-14-30-21(16(2)17(3)27)31-15-18-9-5-6-10-19(18)22(23,24)25/h4-6,8-10,12,29H,1,7,13-15,27H2,2-3H3,(H,30,31)/b17-16-,20-8+,28-12-. The molecule has 0 aromatic heterocycles. The zero-order valence-electron chi connectivity index (χ0n) is 17.6. The Hall–Kier alpha value is -3.54. The number of hydrogen-bond acceptors (Lipinski definition) is 5. The molecule has 0 saturated heterocycles. The normalized spacial score (nSPS) is 13.5. The minimum Gasteiger partial charge on any atom is -0.402 e. The van der Waals surface area contributed by atoms with Gasteiger partial charge in [-0.25, -0.2) is 4.99 Å². The molecule has 0 aliphatic heterocycles. The number of amidine groups is 1. The van der Waals surface area contributed by atoms with Crippen molar-refractivity contribution >= 4 is 12.1 Å². The summed E-state index contributed by atoms with van der Waals surface area (Å²) in [7, 11) is 0. The summed E-state index contributed by atoms with van der Waals surface area (Å²) in [6, 6.07) is 7.32. The van der Waals surface area contributed by atoms with Gasteiger partial charge in [-0.3, -0.25) is 4.99 Å². The first-order valence-electron chi connectivity index (χ1n) is 9.53. The van der Waals surface area contributed by atoms with Gasteiger partial charge in [0.2, 0.25) is 0 Å². The van der Waals surface area contributed by atoms with E-state index in [4.69, 9.17) is 11.0 Å². The van der Waals surface area contributed by atoms with E-state index in [0.717, 1.165) is 6.07 Å². The molecule has 0 aliphatic rings. The number of aliphatic imine (C=N–C) groups is 2. The van der Waals surface area contributed by atoms with Crippen LogP contribution in [0, 0.1) is 11.3 Å². The molecule has 6 nitrogen and oxygen atoms in total. The monoisotopic (exact) mass is 432 g/mol. The Morgan fingerprint density at radius 3 is 2.52 bits per heavy atom. The zero-order chi connectivity index (χ0) is 23.3. The van der Waals surface area contributed by atoms with Crippen molar-refractivity contribution in [1.82, 2.24) is 10.6 Å². The van der Waals surface area contributed by atoms with E-state index in [9.17, 15) is 13.2 Å². The quantitative estimate of drug-likeness (QED) is 0.225. The predicted octanol–water partition coefficient (Wildman–Crippen LogP) is 4.05. The molecule has 0 aliphatic carbocycles. The lowest BCUT2D eigenvalue weighted by molar-refractivity contribution is -0.138. The SMILES string of the molecule is C=C/C=C(\N=C/CC#N)NCCNC(=NCc1ccccc1C(F)(F)F)/C(C)=C(/C)N. The van der Waals surface area contributed by atoms with Gasteiger partial charge in [-0.1, -0.05) is 30.9 Å². The second kappa shape index (κ2) is 12.9. The molecule has 0 spiro atoms. The van der Waals surface area contributed by atoms with E-state index in [1.807, 2.05) is 6.07 Å². The maximum absolute atomic E-state index is 13.2. The van der Waals surface area contributed by atoms with Crippen LogP contribution in [0.5, 0.6) is 0 Å². The van der Waals surface area contributed by atoms with Crippen molar-refractivity contribution in [2.45, 2.75) is 33.0 Å². The van der Waals surface area contributed by atoms with Gasteiger partial charge >= 0.3 is 6.18 Å². The van der Waals surface area contributed by atoms with Gasteiger partial charge in [-0.15, -0.1) is 0 Å². The first-order chi connectivity index (χ1) is 14.7. The molecular formula is C22H27F3N6. The van der Waals surface area contributed by atoms with Gasteiger partial charge in [0.25, 0.3) is 0 Å². The summed E-state index contributed by atoms with van der Waals surface area (Å²) in [4.78, 5) is 8.48. The molecule has 0 unspecified atom stereocenters. The van der Waals surface area contributed by atoms with E-state index in [0.29, 0.717) is 36.0 Å². The third-order valence-corrected chi connectivity index (χ3v) is 4.09. The average molecular weight is 432 g/mol.